The summed E-state index contributed by atoms with van der Waals surface area (Å²) in [6.07, 6.45) is 3.49. The van der Waals surface area contributed by atoms with Crippen molar-refractivity contribution in [2.24, 2.45) is 5.92 Å². The van der Waals surface area contributed by atoms with E-state index in [1.54, 1.807) is 0 Å². The summed E-state index contributed by atoms with van der Waals surface area (Å²) in [6.45, 7) is 4.46. The van der Waals surface area contributed by atoms with Crippen molar-refractivity contribution < 1.29 is 8.42 Å². The number of halogens is 2. The standard InChI is InChI=1S/C10H14BrClN2O2S/c1-7(2)3-4-14-17(15,16)10-8(11)5-13-6-9(10)12/h5-7,14H,3-4H2,1-2H3. The summed E-state index contributed by atoms with van der Waals surface area (Å²) in [7, 11) is -3.59. The first-order chi connectivity index (χ1) is 7.84. The van der Waals surface area contributed by atoms with Gasteiger partial charge in [0.1, 0.15) is 4.90 Å². The Balaban J connectivity index is 2.90. The molecule has 0 radical (unpaired) electrons. The van der Waals surface area contributed by atoms with Crippen LogP contribution in [0.2, 0.25) is 5.02 Å². The molecule has 0 aliphatic heterocycles. The van der Waals surface area contributed by atoms with E-state index >= 15 is 0 Å². The van der Waals surface area contributed by atoms with E-state index in [2.05, 4.69) is 25.6 Å². The van der Waals surface area contributed by atoms with E-state index in [4.69, 9.17) is 11.6 Å². The van der Waals surface area contributed by atoms with Gasteiger partial charge in [0, 0.05) is 18.9 Å². The molecule has 4 nitrogen and oxygen atoms in total. The predicted octanol–water partition coefficient (Wildman–Crippen LogP) is 2.82. The van der Waals surface area contributed by atoms with Gasteiger partial charge >= 0.3 is 0 Å². The molecule has 0 aliphatic rings. The molecule has 17 heavy (non-hydrogen) atoms. The average Bonchev–Trinajstić information content (AvgIpc) is 2.15. The Hall–Kier alpha value is -0.170. The van der Waals surface area contributed by atoms with E-state index in [0.717, 1.165) is 6.42 Å². The first kappa shape index (κ1) is 14.9. The van der Waals surface area contributed by atoms with Crippen molar-refractivity contribution in [3.8, 4) is 0 Å². The molecule has 0 unspecified atom stereocenters. The zero-order valence-corrected chi connectivity index (χ0v) is 12.7. The molecule has 1 aromatic heterocycles. The first-order valence-electron chi connectivity index (χ1n) is 5.13. The second-order valence-electron chi connectivity index (χ2n) is 4.01. The van der Waals surface area contributed by atoms with E-state index in [1.165, 1.54) is 12.4 Å². The van der Waals surface area contributed by atoms with Gasteiger partial charge in [-0.2, -0.15) is 0 Å². The van der Waals surface area contributed by atoms with Gasteiger partial charge in [0.15, 0.2) is 0 Å². The van der Waals surface area contributed by atoms with Crippen molar-refractivity contribution in [2.45, 2.75) is 25.2 Å². The SMILES string of the molecule is CC(C)CCNS(=O)(=O)c1c(Cl)cncc1Br. The van der Waals surface area contributed by atoms with Crippen molar-refractivity contribution >= 4 is 37.6 Å². The van der Waals surface area contributed by atoms with Gasteiger partial charge in [0.05, 0.1) is 9.50 Å². The van der Waals surface area contributed by atoms with Crippen LogP contribution in [0.3, 0.4) is 0 Å². The lowest BCUT2D eigenvalue weighted by atomic mass is 10.1. The van der Waals surface area contributed by atoms with E-state index in [0.29, 0.717) is 16.9 Å². The van der Waals surface area contributed by atoms with E-state index in [9.17, 15) is 8.42 Å². The number of sulfonamides is 1. The highest BCUT2D eigenvalue weighted by Crippen LogP contribution is 2.27. The molecular formula is C10H14BrClN2O2S. The lowest BCUT2D eigenvalue weighted by molar-refractivity contribution is 0.551. The molecule has 1 rings (SSSR count). The van der Waals surface area contributed by atoms with Crippen LogP contribution >= 0.6 is 27.5 Å². The molecule has 1 N–H and O–H groups in total. The predicted molar refractivity (Wildman–Crippen MR) is 71.6 cm³/mol. The first-order valence-corrected chi connectivity index (χ1v) is 7.78. The molecule has 0 saturated heterocycles. The summed E-state index contributed by atoms with van der Waals surface area (Å²) < 4.78 is 26.9. The van der Waals surface area contributed by atoms with Crippen LogP contribution in [0, 0.1) is 5.92 Å². The van der Waals surface area contributed by atoms with Crippen molar-refractivity contribution in [1.82, 2.24) is 9.71 Å². The summed E-state index contributed by atoms with van der Waals surface area (Å²) in [4.78, 5) is 3.84. The molecule has 96 valence electrons. The largest absolute Gasteiger partial charge is 0.262 e. The van der Waals surface area contributed by atoms with Crippen LogP contribution < -0.4 is 4.72 Å². The lowest BCUT2D eigenvalue weighted by Gasteiger charge is -2.10. The van der Waals surface area contributed by atoms with E-state index < -0.39 is 10.0 Å². The van der Waals surface area contributed by atoms with Crippen molar-refractivity contribution in [2.75, 3.05) is 6.54 Å². The van der Waals surface area contributed by atoms with Gasteiger partial charge in [0.2, 0.25) is 10.0 Å². The van der Waals surface area contributed by atoms with Gasteiger partial charge in [-0.3, -0.25) is 4.98 Å². The number of hydrogen-bond acceptors (Lipinski definition) is 3. The Morgan fingerprint density at radius 1 is 1.47 bits per heavy atom. The van der Waals surface area contributed by atoms with Crippen LogP contribution in [0.5, 0.6) is 0 Å². The third-order valence-electron chi connectivity index (χ3n) is 2.09. The van der Waals surface area contributed by atoms with Gasteiger partial charge in [-0.25, -0.2) is 13.1 Å². The summed E-state index contributed by atoms with van der Waals surface area (Å²) in [5.41, 5.74) is 0. The topological polar surface area (TPSA) is 59.1 Å². The molecular weight excluding hydrogens is 328 g/mol. The van der Waals surface area contributed by atoms with Gasteiger partial charge in [-0.15, -0.1) is 0 Å². The van der Waals surface area contributed by atoms with Crippen LogP contribution in [-0.2, 0) is 10.0 Å². The van der Waals surface area contributed by atoms with Crippen molar-refractivity contribution in [1.29, 1.82) is 0 Å². The normalized spacial score (nSPS) is 12.1. The maximum Gasteiger partial charge on any atom is 0.243 e. The maximum absolute atomic E-state index is 12.0. The van der Waals surface area contributed by atoms with Gasteiger partial charge in [-0.1, -0.05) is 25.4 Å². The monoisotopic (exact) mass is 340 g/mol. The summed E-state index contributed by atoms with van der Waals surface area (Å²) in [6, 6.07) is 0. The number of pyridine rings is 1. The zero-order valence-electron chi connectivity index (χ0n) is 9.57. The molecule has 0 atom stereocenters. The van der Waals surface area contributed by atoms with Gasteiger partial charge in [-0.05, 0) is 28.3 Å². The highest BCUT2D eigenvalue weighted by molar-refractivity contribution is 9.10. The van der Waals surface area contributed by atoms with Crippen molar-refractivity contribution in [3.05, 3.63) is 21.9 Å². The minimum atomic E-state index is -3.59. The average molecular weight is 342 g/mol. The van der Waals surface area contributed by atoms with E-state index in [-0.39, 0.29) is 9.92 Å². The highest BCUT2D eigenvalue weighted by atomic mass is 79.9. The smallest absolute Gasteiger partial charge is 0.243 e. The third kappa shape index (κ3) is 4.21. The molecule has 0 spiro atoms. The van der Waals surface area contributed by atoms with Gasteiger partial charge in [0.25, 0.3) is 0 Å². The summed E-state index contributed by atoms with van der Waals surface area (Å²) in [5.74, 6) is 0.439. The zero-order chi connectivity index (χ0) is 13.1. The number of aromatic nitrogens is 1. The molecule has 1 aromatic rings. The quantitative estimate of drug-likeness (QED) is 0.896. The Labute approximate surface area is 115 Å². The number of nitrogens with zero attached hydrogens (tertiary/aromatic N) is 1. The minimum Gasteiger partial charge on any atom is -0.262 e. The number of hydrogen-bond donors (Lipinski definition) is 1. The summed E-state index contributed by atoms with van der Waals surface area (Å²) >= 11 is 8.98. The molecule has 0 amide bonds. The fourth-order valence-electron chi connectivity index (χ4n) is 1.21. The third-order valence-corrected chi connectivity index (χ3v) is 4.92. The Morgan fingerprint density at radius 2 is 2.12 bits per heavy atom. The fraction of sp³-hybridized carbons (Fsp3) is 0.500. The second kappa shape index (κ2) is 6.13. The highest BCUT2D eigenvalue weighted by Gasteiger charge is 2.21. The molecule has 0 aliphatic carbocycles. The van der Waals surface area contributed by atoms with Crippen LogP contribution in [0.15, 0.2) is 21.8 Å². The Bertz CT molecular complexity index is 471. The molecule has 0 aromatic carbocycles. The Morgan fingerprint density at radius 3 is 2.65 bits per heavy atom. The molecule has 7 heteroatoms. The second-order valence-corrected chi connectivity index (χ2v) is 6.98. The molecule has 0 saturated carbocycles. The van der Waals surface area contributed by atoms with Gasteiger partial charge < -0.3 is 0 Å². The van der Waals surface area contributed by atoms with Crippen LogP contribution in [0.25, 0.3) is 0 Å². The maximum atomic E-state index is 12.0. The molecule has 0 fully saturated rings. The summed E-state index contributed by atoms with van der Waals surface area (Å²) in [5, 5.41) is 0.108. The molecule has 0 bridgehead atoms. The lowest BCUT2D eigenvalue weighted by Crippen LogP contribution is -2.26. The number of nitrogens with one attached hydrogen (secondary N) is 1. The fourth-order valence-corrected chi connectivity index (χ4v) is 3.91. The van der Waals surface area contributed by atoms with Crippen LogP contribution in [-0.4, -0.2) is 19.9 Å². The van der Waals surface area contributed by atoms with Crippen LogP contribution in [0.4, 0.5) is 0 Å². The minimum absolute atomic E-state index is 0.0397. The van der Waals surface area contributed by atoms with E-state index in [1.807, 2.05) is 13.8 Å². The molecule has 1 heterocycles. The van der Waals surface area contributed by atoms with Crippen molar-refractivity contribution in [3.63, 3.8) is 0 Å². The van der Waals surface area contributed by atoms with Crippen LogP contribution in [0.1, 0.15) is 20.3 Å². The Kier molecular flexibility index (Phi) is 5.37. The number of rotatable bonds is 5.